The van der Waals surface area contributed by atoms with Crippen molar-refractivity contribution in [3.05, 3.63) is 29.3 Å². The van der Waals surface area contributed by atoms with Crippen LogP contribution in [-0.4, -0.2) is 48.7 Å². The van der Waals surface area contributed by atoms with Crippen molar-refractivity contribution in [3.8, 4) is 0 Å². The average molecular weight is 281 g/mol. The fraction of sp³-hybridized carbons (Fsp3) is 0.455. The van der Waals surface area contributed by atoms with Crippen molar-refractivity contribution in [2.24, 2.45) is 13.0 Å². The van der Waals surface area contributed by atoms with E-state index in [1.165, 1.54) is 4.68 Å². The van der Waals surface area contributed by atoms with Crippen molar-refractivity contribution in [1.29, 1.82) is 0 Å². The Hall–Kier alpha value is -1.89. The predicted molar refractivity (Wildman–Crippen MR) is 67.6 cm³/mol. The van der Waals surface area contributed by atoms with Crippen molar-refractivity contribution in [3.63, 3.8) is 0 Å². The Morgan fingerprint density at radius 2 is 2.26 bits per heavy atom. The largest absolute Gasteiger partial charge is 0.336 e. The lowest BCUT2D eigenvalue weighted by Gasteiger charge is -2.38. The standard InChI is InChI=1S/C11H13ClN6O/c1-16-7-10(14-15-16)11(19)17-3-8(4-17)5-18-6-9(12)2-13-18/h2,6-8H,3-5H2,1H3. The first-order valence-electron chi connectivity index (χ1n) is 5.95. The molecular weight excluding hydrogens is 268 g/mol. The van der Waals surface area contributed by atoms with Crippen LogP contribution in [0.25, 0.3) is 0 Å². The minimum Gasteiger partial charge on any atom is -0.336 e. The van der Waals surface area contributed by atoms with Gasteiger partial charge in [0.25, 0.3) is 5.91 Å². The topological polar surface area (TPSA) is 68.8 Å². The smallest absolute Gasteiger partial charge is 0.276 e. The summed E-state index contributed by atoms with van der Waals surface area (Å²) in [5.41, 5.74) is 0.392. The highest BCUT2D eigenvalue weighted by atomic mass is 35.5. The van der Waals surface area contributed by atoms with Crippen molar-refractivity contribution >= 4 is 17.5 Å². The van der Waals surface area contributed by atoms with Crippen molar-refractivity contribution < 1.29 is 4.79 Å². The molecule has 0 atom stereocenters. The minimum atomic E-state index is -0.0668. The molecule has 0 spiro atoms. The van der Waals surface area contributed by atoms with Gasteiger partial charge in [0.2, 0.25) is 0 Å². The maximum atomic E-state index is 12.0. The molecule has 0 aromatic carbocycles. The SMILES string of the molecule is Cn1cc(C(=O)N2CC(Cn3cc(Cl)cn3)C2)nn1. The van der Waals surface area contributed by atoms with Crippen LogP contribution in [0.2, 0.25) is 5.02 Å². The summed E-state index contributed by atoms with van der Waals surface area (Å²) in [5, 5.41) is 12.3. The van der Waals surface area contributed by atoms with E-state index in [9.17, 15) is 4.79 Å². The molecule has 3 heterocycles. The zero-order chi connectivity index (χ0) is 13.4. The molecule has 1 fully saturated rings. The molecule has 0 bridgehead atoms. The number of carbonyl (C=O) groups is 1. The van der Waals surface area contributed by atoms with Crippen LogP contribution in [0.1, 0.15) is 10.5 Å². The Morgan fingerprint density at radius 1 is 1.47 bits per heavy atom. The Balaban J connectivity index is 1.54. The van der Waals surface area contributed by atoms with Gasteiger partial charge in [-0.3, -0.25) is 14.2 Å². The molecule has 0 saturated carbocycles. The first-order chi connectivity index (χ1) is 9.11. The number of likely N-dealkylation sites (tertiary alicyclic amines) is 1. The van der Waals surface area contributed by atoms with Crippen LogP contribution in [0.4, 0.5) is 0 Å². The van der Waals surface area contributed by atoms with Gasteiger partial charge in [0.05, 0.1) is 17.4 Å². The van der Waals surface area contributed by atoms with Gasteiger partial charge >= 0.3 is 0 Å². The van der Waals surface area contributed by atoms with E-state index in [0.29, 0.717) is 29.7 Å². The summed E-state index contributed by atoms with van der Waals surface area (Å²) in [7, 11) is 1.74. The van der Waals surface area contributed by atoms with Gasteiger partial charge in [-0.15, -0.1) is 5.10 Å². The van der Waals surface area contributed by atoms with Gasteiger partial charge in [0.1, 0.15) is 0 Å². The lowest BCUT2D eigenvalue weighted by atomic mass is 10.00. The minimum absolute atomic E-state index is 0.0668. The van der Waals surface area contributed by atoms with E-state index < -0.39 is 0 Å². The van der Waals surface area contributed by atoms with Crippen molar-refractivity contribution in [2.45, 2.75) is 6.54 Å². The summed E-state index contributed by atoms with van der Waals surface area (Å²) in [6, 6.07) is 0. The molecule has 0 aliphatic carbocycles. The lowest BCUT2D eigenvalue weighted by molar-refractivity contribution is 0.0455. The van der Waals surface area contributed by atoms with E-state index in [1.807, 2.05) is 0 Å². The molecule has 0 N–H and O–H groups in total. The average Bonchev–Trinajstić information content (AvgIpc) is 2.91. The summed E-state index contributed by atoms with van der Waals surface area (Å²) in [5.74, 6) is 0.347. The number of amides is 1. The summed E-state index contributed by atoms with van der Waals surface area (Å²) < 4.78 is 3.33. The molecular formula is C11H13ClN6O. The number of hydrogen-bond acceptors (Lipinski definition) is 4. The highest BCUT2D eigenvalue weighted by Crippen LogP contribution is 2.20. The molecule has 1 amide bonds. The molecule has 1 aliphatic rings. The molecule has 1 aliphatic heterocycles. The van der Waals surface area contributed by atoms with Crippen LogP contribution >= 0.6 is 11.6 Å². The van der Waals surface area contributed by atoms with Gasteiger partial charge in [-0.05, 0) is 0 Å². The van der Waals surface area contributed by atoms with Crippen LogP contribution in [0, 0.1) is 5.92 Å². The lowest BCUT2D eigenvalue weighted by Crippen LogP contribution is -2.51. The van der Waals surface area contributed by atoms with Crippen molar-refractivity contribution in [1.82, 2.24) is 29.7 Å². The fourth-order valence-electron chi connectivity index (χ4n) is 2.16. The second-order valence-electron chi connectivity index (χ2n) is 4.73. The molecule has 7 nitrogen and oxygen atoms in total. The fourth-order valence-corrected chi connectivity index (χ4v) is 2.32. The summed E-state index contributed by atoms with van der Waals surface area (Å²) >= 11 is 5.80. The molecule has 8 heteroatoms. The van der Waals surface area contributed by atoms with E-state index in [0.717, 1.165) is 6.54 Å². The van der Waals surface area contributed by atoms with Crippen LogP contribution in [0.3, 0.4) is 0 Å². The Kier molecular flexibility index (Phi) is 2.98. The first kappa shape index (κ1) is 12.2. The third kappa shape index (κ3) is 2.46. The number of halogens is 1. The first-order valence-corrected chi connectivity index (χ1v) is 6.33. The zero-order valence-corrected chi connectivity index (χ0v) is 11.2. The summed E-state index contributed by atoms with van der Waals surface area (Å²) in [4.78, 5) is 13.8. The highest BCUT2D eigenvalue weighted by molar-refractivity contribution is 6.30. The van der Waals surface area contributed by atoms with Crippen LogP contribution in [0.5, 0.6) is 0 Å². The Labute approximate surface area is 114 Å². The molecule has 3 rings (SSSR count). The predicted octanol–water partition coefficient (Wildman–Crippen LogP) is 0.437. The van der Waals surface area contributed by atoms with E-state index >= 15 is 0 Å². The van der Waals surface area contributed by atoms with Gasteiger partial charge in [0.15, 0.2) is 5.69 Å². The molecule has 2 aromatic heterocycles. The van der Waals surface area contributed by atoms with Gasteiger partial charge in [-0.1, -0.05) is 16.8 Å². The normalized spacial score (nSPS) is 15.6. The molecule has 1 saturated heterocycles. The van der Waals surface area contributed by atoms with E-state index in [-0.39, 0.29) is 5.91 Å². The summed E-state index contributed by atoms with van der Waals surface area (Å²) in [6.07, 6.45) is 5.03. The number of rotatable bonds is 3. The van der Waals surface area contributed by atoms with E-state index in [4.69, 9.17) is 11.6 Å². The maximum absolute atomic E-state index is 12.0. The maximum Gasteiger partial charge on any atom is 0.276 e. The molecule has 0 radical (unpaired) electrons. The molecule has 100 valence electrons. The van der Waals surface area contributed by atoms with Gasteiger partial charge in [-0.25, -0.2) is 0 Å². The Bertz CT molecular complexity index is 600. The van der Waals surface area contributed by atoms with Crippen LogP contribution < -0.4 is 0 Å². The highest BCUT2D eigenvalue weighted by Gasteiger charge is 2.32. The second-order valence-corrected chi connectivity index (χ2v) is 5.17. The van der Waals surface area contributed by atoms with Gasteiger partial charge < -0.3 is 4.90 Å². The van der Waals surface area contributed by atoms with Crippen LogP contribution in [0.15, 0.2) is 18.6 Å². The van der Waals surface area contributed by atoms with E-state index in [1.54, 1.807) is 35.2 Å². The Morgan fingerprint density at radius 3 is 2.84 bits per heavy atom. The third-order valence-corrected chi connectivity index (χ3v) is 3.31. The number of aryl methyl sites for hydroxylation is 1. The summed E-state index contributed by atoms with van der Waals surface area (Å²) in [6.45, 7) is 2.21. The zero-order valence-electron chi connectivity index (χ0n) is 10.4. The van der Waals surface area contributed by atoms with Crippen LogP contribution in [-0.2, 0) is 13.6 Å². The van der Waals surface area contributed by atoms with E-state index in [2.05, 4.69) is 15.4 Å². The number of carbonyl (C=O) groups excluding carboxylic acids is 1. The van der Waals surface area contributed by atoms with Gasteiger partial charge in [-0.2, -0.15) is 5.10 Å². The number of hydrogen-bond donors (Lipinski definition) is 0. The number of aromatic nitrogens is 5. The third-order valence-electron chi connectivity index (χ3n) is 3.11. The monoisotopic (exact) mass is 280 g/mol. The molecule has 0 unspecified atom stereocenters. The molecule has 19 heavy (non-hydrogen) atoms. The second kappa shape index (κ2) is 4.65. The van der Waals surface area contributed by atoms with Gasteiger partial charge in [0, 0.05) is 38.8 Å². The quantitative estimate of drug-likeness (QED) is 0.818. The van der Waals surface area contributed by atoms with Crippen molar-refractivity contribution in [2.75, 3.05) is 13.1 Å². The number of nitrogens with zero attached hydrogens (tertiary/aromatic N) is 6. The molecule has 2 aromatic rings.